The lowest BCUT2D eigenvalue weighted by molar-refractivity contribution is -0.384. The average Bonchev–Trinajstić information content (AvgIpc) is 2.26. The number of aromatic hydroxyl groups is 1. The van der Waals surface area contributed by atoms with Gasteiger partial charge in [-0.2, -0.15) is 0 Å². The van der Waals surface area contributed by atoms with Crippen LogP contribution in [0.3, 0.4) is 0 Å². The fourth-order valence-corrected chi connectivity index (χ4v) is 1.25. The van der Waals surface area contributed by atoms with Crippen molar-refractivity contribution >= 4 is 5.69 Å². The summed E-state index contributed by atoms with van der Waals surface area (Å²) in [5, 5.41) is 31.5. The summed E-state index contributed by atoms with van der Waals surface area (Å²) in [5.41, 5.74) is 0.434. The first-order valence-electron chi connectivity index (χ1n) is 4.93. The average molecular weight is 226 g/mol. The summed E-state index contributed by atoms with van der Waals surface area (Å²) in [6, 6.07) is 3.90. The maximum atomic E-state index is 10.5. The quantitative estimate of drug-likeness (QED) is 0.378. The van der Waals surface area contributed by atoms with E-state index >= 15 is 0 Å². The molecule has 1 rings (SSSR count). The van der Waals surface area contributed by atoms with Crippen LogP contribution in [0.2, 0.25) is 0 Å². The van der Waals surface area contributed by atoms with Gasteiger partial charge in [0.05, 0.1) is 4.92 Å². The highest BCUT2D eigenvalue weighted by atomic mass is 16.6. The van der Waals surface area contributed by atoms with Gasteiger partial charge in [0.15, 0.2) is 0 Å². The summed E-state index contributed by atoms with van der Waals surface area (Å²) < 4.78 is 0. The smallest absolute Gasteiger partial charge is 0.270 e. The summed E-state index contributed by atoms with van der Waals surface area (Å²) in [5.74, 6) is 0.0297. The van der Waals surface area contributed by atoms with Gasteiger partial charge in [-0.05, 0) is 19.0 Å². The molecular formula is C10H14N2O4. The van der Waals surface area contributed by atoms with Crippen LogP contribution in [0.1, 0.15) is 12.0 Å². The Kier molecular flexibility index (Phi) is 4.68. The second-order valence-corrected chi connectivity index (χ2v) is 3.32. The van der Waals surface area contributed by atoms with E-state index in [2.05, 4.69) is 5.32 Å². The molecule has 0 heterocycles. The predicted molar refractivity (Wildman–Crippen MR) is 58.2 cm³/mol. The third kappa shape index (κ3) is 3.48. The zero-order valence-corrected chi connectivity index (χ0v) is 8.72. The van der Waals surface area contributed by atoms with Crippen molar-refractivity contribution in [2.75, 3.05) is 13.2 Å². The van der Waals surface area contributed by atoms with Gasteiger partial charge in [0, 0.05) is 30.8 Å². The maximum absolute atomic E-state index is 10.5. The number of aliphatic hydroxyl groups is 1. The zero-order valence-electron chi connectivity index (χ0n) is 8.72. The molecule has 0 atom stereocenters. The standard InChI is InChI=1S/C10H14N2O4/c13-5-1-4-11-7-8-6-9(12(15)16)2-3-10(8)14/h2-3,6,11,13-14H,1,4-5,7H2. The highest BCUT2D eigenvalue weighted by Crippen LogP contribution is 2.22. The normalized spacial score (nSPS) is 10.3. The van der Waals surface area contributed by atoms with Crippen LogP contribution in [-0.2, 0) is 6.54 Å². The van der Waals surface area contributed by atoms with Gasteiger partial charge in [0.1, 0.15) is 5.75 Å². The number of nitrogens with one attached hydrogen (secondary N) is 1. The van der Waals surface area contributed by atoms with E-state index < -0.39 is 4.92 Å². The molecule has 0 radical (unpaired) electrons. The number of rotatable bonds is 6. The van der Waals surface area contributed by atoms with Crippen LogP contribution in [0.5, 0.6) is 5.75 Å². The van der Waals surface area contributed by atoms with Crippen molar-refractivity contribution in [3.8, 4) is 5.75 Å². The number of aliphatic hydroxyl groups excluding tert-OH is 1. The molecule has 88 valence electrons. The van der Waals surface area contributed by atoms with E-state index in [4.69, 9.17) is 5.11 Å². The fraction of sp³-hybridized carbons (Fsp3) is 0.400. The molecule has 0 aliphatic heterocycles. The van der Waals surface area contributed by atoms with Crippen molar-refractivity contribution in [3.63, 3.8) is 0 Å². The highest BCUT2D eigenvalue weighted by Gasteiger charge is 2.09. The molecule has 0 aromatic heterocycles. The van der Waals surface area contributed by atoms with Gasteiger partial charge < -0.3 is 15.5 Å². The van der Waals surface area contributed by atoms with Crippen LogP contribution in [0, 0.1) is 10.1 Å². The highest BCUT2D eigenvalue weighted by molar-refractivity contribution is 5.42. The van der Waals surface area contributed by atoms with Gasteiger partial charge in [-0.1, -0.05) is 0 Å². The van der Waals surface area contributed by atoms with Gasteiger partial charge >= 0.3 is 0 Å². The molecule has 0 saturated carbocycles. The Morgan fingerprint density at radius 3 is 2.81 bits per heavy atom. The Hall–Kier alpha value is -1.66. The first kappa shape index (κ1) is 12.4. The fourth-order valence-electron chi connectivity index (χ4n) is 1.25. The molecule has 1 aromatic rings. The van der Waals surface area contributed by atoms with Crippen molar-refractivity contribution in [1.82, 2.24) is 5.32 Å². The molecule has 0 aliphatic rings. The van der Waals surface area contributed by atoms with E-state index in [-0.39, 0.29) is 18.0 Å². The Bertz CT molecular complexity index is 368. The summed E-state index contributed by atoms with van der Waals surface area (Å²) in [6.07, 6.45) is 0.607. The summed E-state index contributed by atoms with van der Waals surface area (Å²) in [4.78, 5) is 10.0. The molecular weight excluding hydrogens is 212 g/mol. The van der Waals surface area contributed by atoms with Gasteiger partial charge in [-0.15, -0.1) is 0 Å². The number of phenolic OH excluding ortho intramolecular Hbond substituents is 1. The van der Waals surface area contributed by atoms with E-state index in [1.165, 1.54) is 18.2 Å². The van der Waals surface area contributed by atoms with Crippen LogP contribution in [-0.4, -0.2) is 28.3 Å². The number of nitrogens with zero attached hydrogens (tertiary/aromatic N) is 1. The summed E-state index contributed by atoms with van der Waals surface area (Å²) >= 11 is 0. The zero-order chi connectivity index (χ0) is 12.0. The third-order valence-electron chi connectivity index (χ3n) is 2.10. The number of hydrogen-bond acceptors (Lipinski definition) is 5. The van der Waals surface area contributed by atoms with E-state index in [1.807, 2.05) is 0 Å². The molecule has 0 aliphatic carbocycles. The van der Waals surface area contributed by atoms with Gasteiger partial charge in [0.25, 0.3) is 5.69 Å². The Morgan fingerprint density at radius 1 is 1.44 bits per heavy atom. The SMILES string of the molecule is O=[N+]([O-])c1ccc(O)c(CNCCCO)c1. The molecule has 3 N–H and O–H groups in total. The minimum absolute atomic E-state index is 0.0297. The molecule has 6 nitrogen and oxygen atoms in total. The summed E-state index contributed by atoms with van der Waals surface area (Å²) in [6.45, 7) is 1.03. The topological polar surface area (TPSA) is 95.6 Å². The van der Waals surface area contributed by atoms with Gasteiger partial charge in [-0.3, -0.25) is 10.1 Å². The number of non-ortho nitro benzene ring substituents is 1. The van der Waals surface area contributed by atoms with Crippen molar-refractivity contribution in [2.45, 2.75) is 13.0 Å². The van der Waals surface area contributed by atoms with Gasteiger partial charge in [-0.25, -0.2) is 0 Å². The van der Waals surface area contributed by atoms with E-state index in [1.54, 1.807) is 0 Å². The molecule has 0 bridgehead atoms. The lowest BCUT2D eigenvalue weighted by Crippen LogP contribution is -2.15. The number of nitro groups is 1. The van der Waals surface area contributed by atoms with E-state index in [9.17, 15) is 15.2 Å². The molecule has 0 saturated heterocycles. The predicted octanol–water partition coefficient (Wildman–Crippen LogP) is 0.772. The van der Waals surface area contributed by atoms with Crippen molar-refractivity contribution < 1.29 is 15.1 Å². The van der Waals surface area contributed by atoms with E-state index in [0.29, 0.717) is 25.1 Å². The van der Waals surface area contributed by atoms with Crippen molar-refractivity contribution in [1.29, 1.82) is 0 Å². The molecule has 1 aromatic carbocycles. The first-order valence-corrected chi connectivity index (χ1v) is 4.93. The van der Waals surface area contributed by atoms with Crippen LogP contribution in [0.25, 0.3) is 0 Å². The van der Waals surface area contributed by atoms with Crippen LogP contribution >= 0.6 is 0 Å². The second-order valence-electron chi connectivity index (χ2n) is 3.32. The first-order chi connectivity index (χ1) is 7.65. The van der Waals surface area contributed by atoms with E-state index in [0.717, 1.165) is 0 Å². The third-order valence-corrected chi connectivity index (χ3v) is 2.10. The number of nitro benzene ring substituents is 1. The number of hydrogen-bond donors (Lipinski definition) is 3. The van der Waals surface area contributed by atoms with Crippen LogP contribution in [0.4, 0.5) is 5.69 Å². The minimum Gasteiger partial charge on any atom is -0.508 e. The molecule has 0 spiro atoms. The number of benzene rings is 1. The monoisotopic (exact) mass is 226 g/mol. The Morgan fingerprint density at radius 2 is 2.19 bits per heavy atom. The lowest BCUT2D eigenvalue weighted by Gasteiger charge is -2.05. The lowest BCUT2D eigenvalue weighted by atomic mass is 10.2. The van der Waals surface area contributed by atoms with Crippen molar-refractivity contribution in [2.24, 2.45) is 0 Å². The molecule has 0 unspecified atom stereocenters. The number of phenols is 1. The molecule has 6 heteroatoms. The summed E-state index contributed by atoms with van der Waals surface area (Å²) in [7, 11) is 0. The molecule has 0 amide bonds. The molecule has 16 heavy (non-hydrogen) atoms. The van der Waals surface area contributed by atoms with Crippen molar-refractivity contribution in [3.05, 3.63) is 33.9 Å². The maximum Gasteiger partial charge on any atom is 0.270 e. The Balaban J connectivity index is 2.63. The molecule has 0 fully saturated rings. The minimum atomic E-state index is -0.503. The van der Waals surface area contributed by atoms with Crippen LogP contribution in [0.15, 0.2) is 18.2 Å². The largest absolute Gasteiger partial charge is 0.508 e. The van der Waals surface area contributed by atoms with Gasteiger partial charge in [0.2, 0.25) is 0 Å². The second kappa shape index (κ2) is 6.04. The Labute approximate surface area is 92.7 Å². The van der Waals surface area contributed by atoms with Crippen LogP contribution < -0.4 is 5.32 Å².